The third-order valence-electron chi connectivity index (χ3n) is 3.86. The highest BCUT2D eigenvalue weighted by molar-refractivity contribution is 5.93. The Hall–Kier alpha value is -3.15. The molecule has 0 unspecified atom stereocenters. The maximum atomic E-state index is 12.9. The molecular formula is C19H18FN3O2. The number of amides is 1. The van der Waals surface area contributed by atoms with Crippen LogP contribution in [0.2, 0.25) is 0 Å². The Morgan fingerprint density at radius 3 is 2.48 bits per heavy atom. The monoisotopic (exact) mass is 339 g/mol. The SMILES string of the molecule is COc1ccc(-c2cc(C(=O)NCc3ccc(F)cc3)n(C)n2)cc1. The molecule has 0 atom stereocenters. The van der Waals surface area contributed by atoms with Crippen molar-refractivity contribution in [2.75, 3.05) is 7.11 Å². The second-order valence-corrected chi connectivity index (χ2v) is 5.58. The van der Waals surface area contributed by atoms with Gasteiger partial charge in [-0.15, -0.1) is 0 Å². The van der Waals surface area contributed by atoms with Crippen molar-refractivity contribution in [3.05, 3.63) is 71.7 Å². The van der Waals surface area contributed by atoms with Gasteiger partial charge in [-0.1, -0.05) is 12.1 Å². The molecule has 128 valence electrons. The van der Waals surface area contributed by atoms with Crippen molar-refractivity contribution in [3.63, 3.8) is 0 Å². The number of carbonyl (C=O) groups is 1. The molecule has 0 spiro atoms. The maximum Gasteiger partial charge on any atom is 0.269 e. The van der Waals surface area contributed by atoms with Crippen molar-refractivity contribution in [2.24, 2.45) is 7.05 Å². The zero-order valence-electron chi connectivity index (χ0n) is 14.0. The number of aryl methyl sites for hydroxylation is 1. The largest absolute Gasteiger partial charge is 0.497 e. The molecule has 1 aromatic heterocycles. The first-order chi connectivity index (χ1) is 12.1. The second kappa shape index (κ2) is 7.17. The van der Waals surface area contributed by atoms with Crippen LogP contribution < -0.4 is 10.1 Å². The summed E-state index contributed by atoms with van der Waals surface area (Å²) in [5.41, 5.74) is 2.88. The third-order valence-corrected chi connectivity index (χ3v) is 3.86. The molecule has 0 aliphatic rings. The molecule has 3 aromatic rings. The van der Waals surface area contributed by atoms with Crippen LogP contribution in [0.1, 0.15) is 16.1 Å². The molecule has 25 heavy (non-hydrogen) atoms. The molecule has 0 saturated carbocycles. The van der Waals surface area contributed by atoms with E-state index in [1.807, 2.05) is 24.3 Å². The number of nitrogens with one attached hydrogen (secondary N) is 1. The Balaban J connectivity index is 1.72. The van der Waals surface area contributed by atoms with E-state index in [1.54, 1.807) is 37.0 Å². The van der Waals surface area contributed by atoms with Crippen LogP contribution in [0.5, 0.6) is 5.75 Å². The minimum Gasteiger partial charge on any atom is -0.497 e. The summed E-state index contributed by atoms with van der Waals surface area (Å²) >= 11 is 0. The molecule has 1 amide bonds. The third kappa shape index (κ3) is 3.85. The number of ether oxygens (including phenoxy) is 1. The van der Waals surface area contributed by atoms with E-state index in [0.29, 0.717) is 17.9 Å². The summed E-state index contributed by atoms with van der Waals surface area (Å²) in [4.78, 5) is 12.4. The van der Waals surface area contributed by atoms with Crippen molar-refractivity contribution in [1.29, 1.82) is 0 Å². The molecule has 1 N–H and O–H groups in total. The maximum absolute atomic E-state index is 12.9. The highest BCUT2D eigenvalue weighted by Crippen LogP contribution is 2.22. The zero-order valence-corrected chi connectivity index (χ0v) is 14.0. The molecule has 0 saturated heterocycles. The highest BCUT2D eigenvalue weighted by atomic mass is 19.1. The molecule has 2 aromatic carbocycles. The predicted molar refractivity (Wildman–Crippen MR) is 92.8 cm³/mol. The smallest absolute Gasteiger partial charge is 0.269 e. The van der Waals surface area contributed by atoms with Crippen LogP contribution >= 0.6 is 0 Å². The number of nitrogens with zero attached hydrogens (tertiary/aromatic N) is 2. The van der Waals surface area contributed by atoms with Gasteiger partial charge in [0.1, 0.15) is 17.3 Å². The predicted octanol–water partition coefficient (Wildman–Crippen LogP) is 3.16. The van der Waals surface area contributed by atoms with Gasteiger partial charge in [0.2, 0.25) is 0 Å². The lowest BCUT2D eigenvalue weighted by atomic mass is 10.1. The molecule has 0 aliphatic carbocycles. The van der Waals surface area contributed by atoms with Crippen LogP contribution in [0.15, 0.2) is 54.6 Å². The van der Waals surface area contributed by atoms with E-state index in [9.17, 15) is 9.18 Å². The summed E-state index contributed by atoms with van der Waals surface area (Å²) in [7, 11) is 3.33. The first kappa shape index (κ1) is 16.7. The van der Waals surface area contributed by atoms with Gasteiger partial charge < -0.3 is 10.1 Å². The van der Waals surface area contributed by atoms with E-state index in [1.165, 1.54) is 12.1 Å². The number of benzene rings is 2. The van der Waals surface area contributed by atoms with E-state index >= 15 is 0 Å². The molecular weight excluding hydrogens is 321 g/mol. The summed E-state index contributed by atoms with van der Waals surface area (Å²) in [6.45, 7) is 0.322. The fourth-order valence-electron chi connectivity index (χ4n) is 2.46. The van der Waals surface area contributed by atoms with Gasteiger partial charge in [0, 0.05) is 19.2 Å². The quantitative estimate of drug-likeness (QED) is 0.777. The molecule has 6 heteroatoms. The summed E-state index contributed by atoms with van der Waals surface area (Å²) in [6, 6.07) is 15.2. The number of methoxy groups -OCH3 is 1. The van der Waals surface area contributed by atoms with E-state index < -0.39 is 0 Å². The van der Waals surface area contributed by atoms with Crippen molar-refractivity contribution in [1.82, 2.24) is 15.1 Å². The van der Waals surface area contributed by atoms with Gasteiger partial charge in [0.15, 0.2) is 0 Å². The van der Waals surface area contributed by atoms with Crippen LogP contribution in [0.4, 0.5) is 4.39 Å². The number of hydrogen-bond acceptors (Lipinski definition) is 3. The Morgan fingerprint density at radius 1 is 1.16 bits per heavy atom. The van der Waals surface area contributed by atoms with Crippen molar-refractivity contribution in [2.45, 2.75) is 6.54 Å². The van der Waals surface area contributed by atoms with Crippen LogP contribution in [0, 0.1) is 5.82 Å². The fraction of sp³-hybridized carbons (Fsp3) is 0.158. The number of carbonyl (C=O) groups excluding carboxylic acids is 1. The second-order valence-electron chi connectivity index (χ2n) is 5.58. The number of hydrogen-bond donors (Lipinski definition) is 1. The van der Waals surface area contributed by atoms with Crippen molar-refractivity contribution >= 4 is 5.91 Å². The Morgan fingerprint density at radius 2 is 1.84 bits per heavy atom. The topological polar surface area (TPSA) is 56.1 Å². The lowest BCUT2D eigenvalue weighted by Crippen LogP contribution is -2.25. The van der Waals surface area contributed by atoms with Gasteiger partial charge in [-0.2, -0.15) is 5.10 Å². The summed E-state index contributed by atoms with van der Waals surface area (Å²) in [5.74, 6) is 0.224. The Labute approximate surface area is 145 Å². The first-order valence-corrected chi connectivity index (χ1v) is 7.78. The molecule has 3 rings (SSSR count). The first-order valence-electron chi connectivity index (χ1n) is 7.78. The summed E-state index contributed by atoms with van der Waals surface area (Å²) in [6.07, 6.45) is 0. The van der Waals surface area contributed by atoms with E-state index in [4.69, 9.17) is 4.74 Å². The van der Waals surface area contributed by atoms with Crippen molar-refractivity contribution in [3.8, 4) is 17.0 Å². The van der Waals surface area contributed by atoms with E-state index in [-0.39, 0.29) is 11.7 Å². The minimum atomic E-state index is -0.300. The molecule has 0 bridgehead atoms. The van der Waals surface area contributed by atoms with Gasteiger partial charge in [-0.3, -0.25) is 9.48 Å². The van der Waals surface area contributed by atoms with Crippen LogP contribution in [0.3, 0.4) is 0 Å². The average Bonchev–Trinajstić information content (AvgIpc) is 3.03. The lowest BCUT2D eigenvalue weighted by Gasteiger charge is -2.05. The highest BCUT2D eigenvalue weighted by Gasteiger charge is 2.14. The number of rotatable bonds is 5. The Bertz CT molecular complexity index is 871. The van der Waals surface area contributed by atoms with Gasteiger partial charge in [0.25, 0.3) is 5.91 Å². The van der Waals surface area contributed by atoms with Crippen LogP contribution in [0.25, 0.3) is 11.3 Å². The minimum absolute atomic E-state index is 0.237. The molecule has 0 fully saturated rings. The number of halogens is 1. The normalized spacial score (nSPS) is 10.5. The summed E-state index contributed by atoms with van der Waals surface area (Å²) in [5, 5.41) is 7.21. The number of aromatic nitrogens is 2. The van der Waals surface area contributed by atoms with E-state index in [2.05, 4.69) is 10.4 Å². The molecule has 0 aliphatic heterocycles. The standard InChI is InChI=1S/C19H18FN3O2/c1-23-18(19(24)21-12-13-3-7-15(20)8-4-13)11-17(22-23)14-5-9-16(25-2)10-6-14/h3-11H,12H2,1-2H3,(H,21,24). The molecule has 5 nitrogen and oxygen atoms in total. The van der Waals surface area contributed by atoms with Crippen molar-refractivity contribution < 1.29 is 13.9 Å². The average molecular weight is 339 g/mol. The van der Waals surface area contributed by atoms with Crippen LogP contribution in [-0.4, -0.2) is 22.8 Å². The van der Waals surface area contributed by atoms with Gasteiger partial charge in [-0.25, -0.2) is 4.39 Å². The molecule has 0 radical (unpaired) electrons. The van der Waals surface area contributed by atoms with Gasteiger partial charge in [0.05, 0.1) is 12.8 Å². The van der Waals surface area contributed by atoms with E-state index in [0.717, 1.165) is 16.9 Å². The zero-order chi connectivity index (χ0) is 17.8. The Kier molecular flexibility index (Phi) is 4.79. The molecule has 1 heterocycles. The van der Waals surface area contributed by atoms with Gasteiger partial charge >= 0.3 is 0 Å². The summed E-state index contributed by atoms with van der Waals surface area (Å²) < 4.78 is 19.6. The van der Waals surface area contributed by atoms with Crippen LogP contribution in [-0.2, 0) is 13.6 Å². The fourth-order valence-corrected chi connectivity index (χ4v) is 2.46. The lowest BCUT2D eigenvalue weighted by molar-refractivity contribution is 0.0941. The van der Waals surface area contributed by atoms with Gasteiger partial charge in [-0.05, 0) is 48.0 Å².